The minimum atomic E-state index is -0.114. The topological polar surface area (TPSA) is 39.2 Å². The third-order valence-electron chi connectivity index (χ3n) is 1.49. The summed E-state index contributed by atoms with van der Waals surface area (Å²) in [4.78, 5) is 15.5. The zero-order valence-corrected chi connectivity index (χ0v) is 8.48. The first-order valence-corrected chi connectivity index (χ1v) is 4.66. The van der Waals surface area contributed by atoms with Crippen molar-refractivity contribution in [2.75, 3.05) is 13.7 Å². The molecule has 70 valence electrons. The van der Waals surface area contributed by atoms with Gasteiger partial charge in [-0.25, -0.2) is 4.98 Å². The average Bonchev–Trinajstić information content (AvgIpc) is 2.51. The van der Waals surface area contributed by atoms with Crippen LogP contribution in [0.1, 0.15) is 10.7 Å². The lowest BCUT2D eigenvalue weighted by molar-refractivity contribution is -0.117. The smallest absolute Gasteiger partial charge is 0.190 e. The van der Waals surface area contributed by atoms with E-state index in [9.17, 15) is 4.79 Å². The molecule has 0 unspecified atom stereocenters. The van der Waals surface area contributed by atoms with Crippen molar-refractivity contribution < 1.29 is 9.53 Å². The van der Waals surface area contributed by atoms with Crippen molar-refractivity contribution in [2.45, 2.75) is 6.92 Å². The van der Waals surface area contributed by atoms with Crippen LogP contribution in [0.3, 0.4) is 0 Å². The zero-order valence-electron chi connectivity index (χ0n) is 7.66. The van der Waals surface area contributed by atoms with Crippen LogP contribution < -0.4 is 0 Å². The summed E-state index contributed by atoms with van der Waals surface area (Å²) in [6.45, 7) is 5.63. The van der Waals surface area contributed by atoms with Gasteiger partial charge in [0.15, 0.2) is 5.78 Å². The first-order valence-electron chi connectivity index (χ1n) is 3.78. The Hall–Kier alpha value is -1.00. The summed E-state index contributed by atoms with van der Waals surface area (Å²) in [6, 6.07) is 0. The number of methoxy groups -OCH3 is 1. The molecule has 0 saturated heterocycles. The van der Waals surface area contributed by atoms with Crippen LogP contribution in [0.2, 0.25) is 0 Å². The highest BCUT2D eigenvalue weighted by molar-refractivity contribution is 7.11. The van der Waals surface area contributed by atoms with Crippen molar-refractivity contribution >= 4 is 22.7 Å². The number of thiazole rings is 1. The van der Waals surface area contributed by atoms with Crippen LogP contribution in [0.5, 0.6) is 0 Å². The van der Waals surface area contributed by atoms with Crippen LogP contribution in [0, 0.1) is 6.92 Å². The number of rotatable bonds is 4. The summed E-state index contributed by atoms with van der Waals surface area (Å²) in [5.41, 5.74) is 1.34. The maximum Gasteiger partial charge on any atom is 0.190 e. The quantitative estimate of drug-likeness (QED) is 0.689. The maximum absolute atomic E-state index is 11.3. The fraction of sp³-hybridized carbons (Fsp3) is 0.333. The number of Topliss-reactive ketones (excluding diaryl/α,β-unsaturated/α-hetero) is 1. The summed E-state index contributed by atoms with van der Waals surface area (Å²) in [5.74, 6) is -0.114. The number of aryl methyl sites for hydroxylation is 1. The lowest BCUT2D eigenvalue weighted by atomic mass is 10.2. The van der Waals surface area contributed by atoms with Gasteiger partial charge in [-0.05, 0) is 6.92 Å². The Bertz CT molecular complexity index is 330. The van der Waals surface area contributed by atoms with E-state index in [2.05, 4.69) is 11.6 Å². The Labute approximate surface area is 81.1 Å². The van der Waals surface area contributed by atoms with Crippen molar-refractivity contribution in [3.05, 3.63) is 22.7 Å². The van der Waals surface area contributed by atoms with Gasteiger partial charge >= 0.3 is 0 Å². The molecule has 1 aromatic heterocycles. The van der Waals surface area contributed by atoms with Crippen LogP contribution in [0.4, 0.5) is 0 Å². The monoisotopic (exact) mass is 197 g/mol. The third kappa shape index (κ3) is 2.47. The predicted molar refractivity (Wildman–Crippen MR) is 52.8 cm³/mol. The minimum absolute atomic E-state index is 0.0669. The molecule has 0 fully saturated rings. The zero-order chi connectivity index (χ0) is 9.84. The van der Waals surface area contributed by atoms with Crippen LogP contribution in [-0.2, 0) is 9.53 Å². The van der Waals surface area contributed by atoms with Crippen LogP contribution in [-0.4, -0.2) is 24.5 Å². The number of carbonyl (C=O) groups is 1. The number of carbonyl (C=O) groups excluding carboxylic acids is 1. The van der Waals surface area contributed by atoms with Crippen molar-refractivity contribution in [3.63, 3.8) is 0 Å². The highest BCUT2D eigenvalue weighted by Gasteiger charge is 2.11. The summed E-state index contributed by atoms with van der Waals surface area (Å²) < 4.78 is 4.72. The van der Waals surface area contributed by atoms with Crippen LogP contribution in [0.25, 0.3) is 5.57 Å². The molecule has 0 spiro atoms. The SMILES string of the molecule is C=C(C(=O)COC)c1nc(C)cs1. The molecule has 4 heteroatoms. The fourth-order valence-electron chi connectivity index (χ4n) is 0.830. The number of aromatic nitrogens is 1. The van der Waals surface area contributed by atoms with Gasteiger partial charge in [-0.2, -0.15) is 0 Å². The molecule has 0 radical (unpaired) electrons. The minimum Gasteiger partial charge on any atom is -0.377 e. The van der Waals surface area contributed by atoms with Gasteiger partial charge < -0.3 is 4.74 Å². The van der Waals surface area contributed by atoms with Gasteiger partial charge in [-0.1, -0.05) is 6.58 Å². The predicted octanol–water partition coefficient (Wildman–Crippen LogP) is 1.68. The molecule has 0 aliphatic rings. The molecule has 0 aromatic carbocycles. The first kappa shape index (κ1) is 10.1. The lowest BCUT2D eigenvalue weighted by Gasteiger charge is -1.98. The second-order valence-corrected chi connectivity index (χ2v) is 3.49. The Morgan fingerprint density at radius 2 is 2.46 bits per heavy atom. The lowest BCUT2D eigenvalue weighted by Crippen LogP contribution is -2.07. The van der Waals surface area contributed by atoms with E-state index >= 15 is 0 Å². The van der Waals surface area contributed by atoms with Crippen molar-refractivity contribution in [1.82, 2.24) is 4.98 Å². The summed E-state index contributed by atoms with van der Waals surface area (Å²) in [7, 11) is 1.48. The number of hydrogen-bond donors (Lipinski definition) is 0. The molecule has 0 aliphatic heterocycles. The van der Waals surface area contributed by atoms with E-state index in [1.165, 1.54) is 18.4 Å². The standard InChI is InChI=1S/C9H11NO2S/c1-6-5-13-9(10-6)7(2)8(11)4-12-3/h5H,2,4H2,1,3H3. The second kappa shape index (κ2) is 4.30. The Kier molecular flexibility index (Phi) is 3.33. The van der Waals surface area contributed by atoms with Crippen LogP contribution >= 0.6 is 11.3 Å². The van der Waals surface area contributed by atoms with Gasteiger partial charge in [0.1, 0.15) is 11.6 Å². The molecule has 0 bridgehead atoms. The van der Waals surface area contributed by atoms with Crippen molar-refractivity contribution in [1.29, 1.82) is 0 Å². The Morgan fingerprint density at radius 1 is 1.77 bits per heavy atom. The number of nitrogens with zero attached hydrogens (tertiary/aromatic N) is 1. The normalized spacial score (nSPS) is 10.0. The Balaban J connectivity index is 2.73. The van der Waals surface area contributed by atoms with Gasteiger partial charge in [0, 0.05) is 23.8 Å². The molecular formula is C9H11NO2S. The van der Waals surface area contributed by atoms with Gasteiger partial charge in [0.25, 0.3) is 0 Å². The first-order chi connectivity index (χ1) is 6.15. The van der Waals surface area contributed by atoms with E-state index in [1.807, 2.05) is 12.3 Å². The van der Waals surface area contributed by atoms with Gasteiger partial charge in [0.05, 0.1) is 0 Å². The van der Waals surface area contributed by atoms with Gasteiger partial charge in [-0.15, -0.1) is 11.3 Å². The number of ether oxygens (including phenoxy) is 1. The molecule has 1 aromatic rings. The molecule has 0 saturated carbocycles. The third-order valence-corrected chi connectivity index (χ3v) is 2.51. The van der Waals surface area contributed by atoms with E-state index in [0.29, 0.717) is 10.6 Å². The molecule has 0 aliphatic carbocycles. The van der Waals surface area contributed by atoms with E-state index in [0.717, 1.165) is 5.69 Å². The molecule has 0 amide bonds. The summed E-state index contributed by atoms with van der Waals surface area (Å²) >= 11 is 1.42. The number of hydrogen-bond acceptors (Lipinski definition) is 4. The van der Waals surface area contributed by atoms with Gasteiger partial charge in [-0.3, -0.25) is 4.79 Å². The number of ketones is 1. The molecule has 0 N–H and O–H groups in total. The molecule has 1 heterocycles. The van der Waals surface area contributed by atoms with Crippen LogP contribution in [0.15, 0.2) is 12.0 Å². The summed E-state index contributed by atoms with van der Waals surface area (Å²) in [5, 5.41) is 2.57. The van der Waals surface area contributed by atoms with E-state index < -0.39 is 0 Å². The van der Waals surface area contributed by atoms with E-state index in [1.54, 1.807) is 0 Å². The highest BCUT2D eigenvalue weighted by atomic mass is 32.1. The maximum atomic E-state index is 11.3. The van der Waals surface area contributed by atoms with Crippen molar-refractivity contribution in [2.24, 2.45) is 0 Å². The second-order valence-electron chi connectivity index (χ2n) is 2.63. The van der Waals surface area contributed by atoms with E-state index in [-0.39, 0.29) is 12.4 Å². The molecule has 1 rings (SSSR count). The molecule has 0 atom stereocenters. The molecular weight excluding hydrogens is 186 g/mol. The van der Waals surface area contributed by atoms with Gasteiger partial charge in [0.2, 0.25) is 0 Å². The highest BCUT2D eigenvalue weighted by Crippen LogP contribution is 2.18. The fourth-order valence-corrected chi connectivity index (χ4v) is 1.62. The van der Waals surface area contributed by atoms with Crippen molar-refractivity contribution in [3.8, 4) is 0 Å². The average molecular weight is 197 g/mol. The largest absolute Gasteiger partial charge is 0.377 e. The Morgan fingerprint density at radius 3 is 2.92 bits per heavy atom. The molecule has 13 heavy (non-hydrogen) atoms. The van der Waals surface area contributed by atoms with E-state index in [4.69, 9.17) is 4.74 Å². The summed E-state index contributed by atoms with van der Waals surface area (Å²) in [6.07, 6.45) is 0. The molecule has 3 nitrogen and oxygen atoms in total.